The molecule has 0 bridgehead atoms. The van der Waals surface area contributed by atoms with Crippen molar-refractivity contribution in [2.45, 2.75) is 60.8 Å². The summed E-state index contributed by atoms with van der Waals surface area (Å²) < 4.78 is 0. The van der Waals surface area contributed by atoms with E-state index < -0.39 is 0 Å². The van der Waals surface area contributed by atoms with Crippen molar-refractivity contribution < 1.29 is 4.79 Å². The van der Waals surface area contributed by atoms with E-state index in [9.17, 15) is 4.79 Å². The summed E-state index contributed by atoms with van der Waals surface area (Å²) in [5, 5.41) is 0. The van der Waals surface area contributed by atoms with E-state index in [-0.39, 0.29) is 5.78 Å². The van der Waals surface area contributed by atoms with Gasteiger partial charge in [-0.1, -0.05) is 46.8 Å². The lowest BCUT2D eigenvalue weighted by Gasteiger charge is -1.89. The Morgan fingerprint density at radius 1 is 1.00 bits per heavy atom. The van der Waals surface area contributed by atoms with Crippen molar-refractivity contribution in [3.05, 3.63) is 12.2 Å². The summed E-state index contributed by atoms with van der Waals surface area (Å²) in [7, 11) is 0. The number of hydrogen-bond donors (Lipinski definition) is 0. The molecular weight excluding hydrogens is 160 g/mol. The smallest absolute Gasteiger partial charge is 0.129 e. The number of carbonyl (C=O) groups is 1. The van der Waals surface area contributed by atoms with Crippen molar-refractivity contribution in [1.29, 1.82) is 0 Å². The van der Waals surface area contributed by atoms with Crippen LogP contribution in [-0.2, 0) is 4.79 Å². The Bertz CT molecular complexity index is 108. The van der Waals surface area contributed by atoms with Gasteiger partial charge >= 0.3 is 0 Å². The molecule has 0 unspecified atom stereocenters. The number of hydrogen-bond acceptors (Lipinski definition) is 1. The van der Waals surface area contributed by atoms with Crippen LogP contribution in [-0.4, -0.2) is 5.78 Å². The Morgan fingerprint density at radius 2 is 1.23 bits per heavy atom. The van der Waals surface area contributed by atoms with Crippen LogP contribution in [0, 0.1) is 0 Å². The van der Waals surface area contributed by atoms with Crippen LogP contribution in [0.3, 0.4) is 0 Å². The molecule has 0 aliphatic carbocycles. The summed E-state index contributed by atoms with van der Waals surface area (Å²) in [5.41, 5.74) is 1.34. The number of carbonyl (C=O) groups excluding carboxylic acids is 1. The largest absolute Gasteiger partial charge is 0.300 e. The minimum absolute atomic E-state index is 0.255. The molecule has 0 radical (unpaired) electrons. The molecule has 80 valence electrons. The summed E-state index contributed by atoms with van der Waals surface area (Å²) in [4.78, 5) is 9.81. The summed E-state index contributed by atoms with van der Waals surface area (Å²) >= 11 is 0. The minimum Gasteiger partial charge on any atom is -0.300 e. The average molecular weight is 186 g/mol. The fourth-order valence-electron chi connectivity index (χ4n) is 0.250. The standard InChI is InChI=1S/C6H12.C4H8O.C2H6/c1-4-6(3)5-2;1-3-4(2)5;1-2/h3-5H2,1-2H3;3H2,1-2H3;1-2H3. The molecule has 13 heavy (non-hydrogen) atoms. The van der Waals surface area contributed by atoms with Gasteiger partial charge in [0.1, 0.15) is 5.78 Å². The van der Waals surface area contributed by atoms with Gasteiger partial charge in [0.05, 0.1) is 0 Å². The van der Waals surface area contributed by atoms with Gasteiger partial charge in [-0.05, 0) is 19.8 Å². The highest BCUT2D eigenvalue weighted by Gasteiger charge is 1.78. The first kappa shape index (κ1) is 18.2. The lowest BCUT2D eigenvalue weighted by molar-refractivity contribution is -0.116. The van der Waals surface area contributed by atoms with Crippen molar-refractivity contribution in [2.24, 2.45) is 0 Å². The molecule has 0 heterocycles. The Hall–Kier alpha value is -0.590. The van der Waals surface area contributed by atoms with E-state index in [0.717, 1.165) is 12.8 Å². The van der Waals surface area contributed by atoms with Crippen LogP contribution in [0.2, 0.25) is 0 Å². The average Bonchev–Trinajstić information content (AvgIpc) is 2.20. The molecule has 0 aliphatic rings. The third-order valence-corrected chi connectivity index (χ3v) is 1.50. The molecule has 0 rings (SSSR count). The van der Waals surface area contributed by atoms with Gasteiger partial charge in [0.15, 0.2) is 0 Å². The van der Waals surface area contributed by atoms with Crippen LogP contribution in [0.15, 0.2) is 12.2 Å². The first-order valence-corrected chi connectivity index (χ1v) is 5.24. The minimum atomic E-state index is 0.255. The Balaban J connectivity index is -0.000000131. The van der Waals surface area contributed by atoms with Crippen molar-refractivity contribution in [3.63, 3.8) is 0 Å². The summed E-state index contributed by atoms with van der Waals surface area (Å²) in [6.07, 6.45) is 2.94. The topological polar surface area (TPSA) is 17.1 Å². The van der Waals surface area contributed by atoms with E-state index in [4.69, 9.17) is 0 Å². The molecule has 0 saturated heterocycles. The second-order valence-electron chi connectivity index (χ2n) is 2.51. The molecular formula is C12H26O. The fourth-order valence-corrected chi connectivity index (χ4v) is 0.250. The molecule has 0 fully saturated rings. The maximum Gasteiger partial charge on any atom is 0.129 e. The molecule has 0 spiro atoms. The van der Waals surface area contributed by atoms with Crippen LogP contribution in [0.4, 0.5) is 0 Å². The van der Waals surface area contributed by atoms with Gasteiger partial charge in [-0.15, -0.1) is 0 Å². The zero-order valence-corrected chi connectivity index (χ0v) is 10.2. The third-order valence-electron chi connectivity index (χ3n) is 1.50. The quantitative estimate of drug-likeness (QED) is 0.598. The zero-order chi connectivity index (χ0) is 11.3. The number of Topliss-reactive ketones (excluding diaryl/α,β-unsaturated/α-hetero) is 1. The van der Waals surface area contributed by atoms with Gasteiger partial charge in [-0.2, -0.15) is 0 Å². The molecule has 0 aromatic rings. The van der Waals surface area contributed by atoms with E-state index in [0.29, 0.717) is 6.42 Å². The third kappa shape index (κ3) is 34.5. The number of rotatable bonds is 3. The highest BCUT2D eigenvalue weighted by Crippen LogP contribution is 1.98. The first-order valence-electron chi connectivity index (χ1n) is 5.24. The second kappa shape index (κ2) is 17.5. The predicted molar refractivity (Wildman–Crippen MR) is 62.0 cm³/mol. The molecule has 1 nitrogen and oxygen atoms in total. The maximum absolute atomic E-state index is 9.81. The first-order chi connectivity index (χ1) is 6.08. The number of ketones is 1. The fraction of sp³-hybridized carbons (Fsp3) is 0.750. The van der Waals surface area contributed by atoms with Crippen LogP contribution in [0.1, 0.15) is 60.8 Å². The summed E-state index contributed by atoms with van der Waals surface area (Å²) in [6, 6.07) is 0. The van der Waals surface area contributed by atoms with Gasteiger partial charge < -0.3 is 4.79 Å². The van der Waals surface area contributed by atoms with Gasteiger partial charge in [0.25, 0.3) is 0 Å². The van der Waals surface area contributed by atoms with Gasteiger partial charge in [-0.25, -0.2) is 0 Å². The molecule has 0 aliphatic heterocycles. The Morgan fingerprint density at radius 3 is 1.23 bits per heavy atom. The normalized spacial score (nSPS) is 7.23. The van der Waals surface area contributed by atoms with Crippen molar-refractivity contribution >= 4 is 5.78 Å². The van der Waals surface area contributed by atoms with Crippen LogP contribution in [0.5, 0.6) is 0 Å². The van der Waals surface area contributed by atoms with Crippen molar-refractivity contribution in [3.8, 4) is 0 Å². The second-order valence-corrected chi connectivity index (χ2v) is 2.51. The van der Waals surface area contributed by atoms with E-state index >= 15 is 0 Å². The molecule has 0 N–H and O–H groups in total. The van der Waals surface area contributed by atoms with E-state index in [1.165, 1.54) is 5.57 Å². The summed E-state index contributed by atoms with van der Waals surface area (Å²) in [6.45, 7) is 15.5. The van der Waals surface area contributed by atoms with Gasteiger partial charge in [-0.3, -0.25) is 0 Å². The SMILES string of the molecule is C=C(CC)CC.CC.CCC(C)=O. The number of allylic oxidation sites excluding steroid dienone is 1. The Kier molecular flexibility index (Phi) is 24.5. The van der Waals surface area contributed by atoms with E-state index in [2.05, 4.69) is 20.4 Å². The predicted octanol–water partition coefficient (Wildman–Crippen LogP) is 4.37. The molecule has 0 amide bonds. The van der Waals surface area contributed by atoms with Crippen LogP contribution >= 0.6 is 0 Å². The molecule has 0 atom stereocenters. The molecule has 1 heteroatoms. The van der Waals surface area contributed by atoms with E-state index in [1.807, 2.05) is 20.8 Å². The van der Waals surface area contributed by atoms with Crippen LogP contribution in [0.25, 0.3) is 0 Å². The highest BCUT2D eigenvalue weighted by atomic mass is 16.1. The lowest BCUT2D eigenvalue weighted by Crippen LogP contribution is -1.80. The molecule has 0 aromatic heterocycles. The summed E-state index contributed by atoms with van der Waals surface area (Å²) in [5.74, 6) is 0.255. The monoisotopic (exact) mass is 186 g/mol. The van der Waals surface area contributed by atoms with E-state index in [1.54, 1.807) is 6.92 Å². The van der Waals surface area contributed by atoms with Gasteiger partial charge in [0, 0.05) is 6.42 Å². The maximum atomic E-state index is 9.81. The van der Waals surface area contributed by atoms with Crippen molar-refractivity contribution in [1.82, 2.24) is 0 Å². The van der Waals surface area contributed by atoms with Gasteiger partial charge in [0.2, 0.25) is 0 Å². The zero-order valence-electron chi connectivity index (χ0n) is 10.2. The molecule has 0 saturated carbocycles. The van der Waals surface area contributed by atoms with Crippen LogP contribution < -0.4 is 0 Å². The Labute approximate surface area is 84.2 Å². The lowest BCUT2D eigenvalue weighted by atomic mass is 10.2. The molecule has 0 aromatic carbocycles. The van der Waals surface area contributed by atoms with Crippen molar-refractivity contribution in [2.75, 3.05) is 0 Å². The highest BCUT2D eigenvalue weighted by molar-refractivity contribution is 5.74.